The van der Waals surface area contributed by atoms with E-state index in [0.717, 1.165) is 16.8 Å². The lowest BCUT2D eigenvalue weighted by atomic mass is 10.1. The van der Waals surface area contributed by atoms with Crippen LogP contribution in [0.4, 0.5) is 5.69 Å². The van der Waals surface area contributed by atoms with Gasteiger partial charge in [0.2, 0.25) is 0 Å². The molecule has 2 rings (SSSR count). The molecule has 0 bridgehead atoms. The number of anilines is 1. The summed E-state index contributed by atoms with van der Waals surface area (Å²) in [5.74, 6) is 0. The molecule has 1 atom stereocenters. The Labute approximate surface area is 122 Å². The molecule has 0 amide bonds. The van der Waals surface area contributed by atoms with Crippen LogP contribution in [0.15, 0.2) is 36.5 Å². The lowest BCUT2D eigenvalue weighted by Crippen LogP contribution is -2.07. The summed E-state index contributed by atoms with van der Waals surface area (Å²) in [6.07, 6.45) is 1.67. The molecule has 0 radical (unpaired) electrons. The van der Waals surface area contributed by atoms with E-state index in [1.54, 1.807) is 18.3 Å². The van der Waals surface area contributed by atoms with Crippen LogP contribution in [0.5, 0.6) is 0 Å². The number of pyridine rings is 1. The molecule has 0 aliphatic heterocycles. The van der Waals surface area contributed by atoms with Crippen molar-refractivity contribution in [3.8, 4) is 0 Å². The zero-order chi connectivity index (χ0) is 13.8. The fraction of sp³-hybridized carbons (Fsp3) is 0.214. The predicted octanol–water partition coefficient (Wildman–Crippen LogP) is 4.05. The summed E-state index contributed by atoms with van der Waals surface area (Å²) in [5, 5.41) is 13.5. The highest BCUT2D eigenvalue weighted by Crippen LogP contribution is 2.27. The second kappa shape index (κ2) is 6.24. The van der Waals surface area contributed by atoms with Gasteiger partial charge in [-0.1, -0.05) is 29.3 Å². The number of benzene rings is 1. The van der Waals surface area contributed by atoms with Crippen molar-refractivity contribution in [3.63, 3.8) is 0 Å². The van der Waals surface area contributed by atoms with Crippen molar-refractivity contribution in [2.45, 2.75) is 19.6 Å². The SMILES string of the molecule is CC(Nc1cc(CO)ccc1Cl)c1ccnc(Cl)c1. The van der Waals surface area contributed by atoms with Crippen LogP contribution in [-0.2, 0) is 6.61 Å². The van der Waals surface area contributed by atoms with Crippen LogP contribution in [0, 0.1) is 0 Å². The standard InChI is InChI=1S/C14H14Cl2N2O/c1-9(11-4-5-17-14(16)7-11)18-13-6-10(8-19)2-3-12(13)15/h2-7,9,18-19H,8H2,1H3. The summed E-state index contributed by atoms with van der Waals surface area (Å²) in [4.78, 5) is 3.95. The highest BCUT2D eigenvalue weighted by Gasteiger charge is 2.09. The molecule has 2 aromatic rings. The van der Waals surface area contributed by atoms with Crippen molar-refractivity contribution in [2.24, 2.45) is 0 Å². The number of nitrogens with one attached hydrogen (secondary N) is 1. The summed E-state index contributed by atoms with van der Waals surface area (Å²) in [5.41, 5.74) is 2.62. The Bertz CT molecular complexity index is 575. The lowest BCUT2D eigenvalue weighted by molar-refractivity contribution is 0.282. The molecular weight excluding hydrogens is 283 g/mol. The Hall–Kier alpha value is -1.29. The minimum absolute atomic E-state index is 0.0126. The number of aliphatic hydroxyl groups is 1. The molecule has 2 N–H and O–H groups in total. The van der Waals surface area contributed by atoms with Crippen LogP contribution in [-0.4, -0.2) is 10.1 Å². The average Bonchev–Trinajstić information content (AvgIpc) is 2.41. The molecule has 3 nitrogen and oxygen atoms in total. The van der Waals surface area contributed by atoms with Crippen molar-refractivity contribution >= 4 is 28.9 Å². The highest BCUT2D eigenvalue weighted by atomic mass is 35.5. The summed E-state index contributed by atoms with van der Waals surface area (Å²) in [6, 6.07) is 9.13. The van der Waals surface area contributed by atoms with Gasteiger partial charge in [-0.25, -0.2) is 4.98 Å². The van der Waals surface area contributed by atoms with Crippen molar-refractivity contribution in [1.29, 1.82) is 0 Å². The first-order chi connectivity index (χ1) is 9.10. The van der Waals surface area contributed by atoms with Crippen LogP contribution < -0.4 is 5.32 Å². The largest absolute Gasteiger partial charge is 0.392 e. The summed E-state index contributed by atoms with van der Waals surface area (Å²) in [6.45, 7) is 1.99. The zero-order valence-electron chi connectivity index (χ0n) is 10.4. The van der Waals surface area contributed by atoms with Gasteiger partial charge >= 0.3 is 0 Å². The molecule has 0 aliphatic carbocycles. The zero-order valence-corrected chi connectivity index (χ0v) is 11.9. The van der Waals surface area contributed by atoms with E-state index in [1.807, 2.05) is 25.1 Å². The molecule has 0 saturated carbocycles. The molecule has 100 valence electrons. The van der Waals surface area contributed by atoms with Gasteiger partial charge in [-0.05, 0) is 42.3 Å². The van der Waals surface area contributed by atoms with Crippen molar-refractivity contribution < 1.29 is 5.11 Å². The maximum atomic E-state index is 9.14. The van der Waals surface area contributed by atoms with Gasteiger partial charge in [0, 0.05) is 12.2 Å². The molecule has 1 heterocycles. The van der Waals surface area contributed by atoms with Gasteiger partial charge in [-0.15, -0.1) is 0 Å². The maximum Gasteiger partial charge on any atom is 0.129 e. The van der Waals surface area contributed by atoms with Crippen molar-refractivity contribution in [3.05, 3.63) is 57.8 Å². The van der Waals surface area contributed by atoms with E-state index in [2.05, 4.69) is 10.3 Å². The van der Waals surface area contributed by atoms with Gasteiger partial charge in [0.1, 0.15) is 5.15 Å². The fourth-order valence-electron chi connectivity index (χ4n) is 1.78. The Morgan fingerprint density at radius 1 is 1.26 bits per heavy atom. The van der Waals surface area contributed by atoms with E-state index in [-0.39, 0.29) is 12.6 Å². The van der Waals surface area contributed by atoms with E-state index < -0.39 is 0 Å². The van der Waals surface area contributed by atoms with Crippen LogP contribution >= 0.6 is 23.2 Å². The van der Waals surface area contributed by atoms with Gasteiger partial charge in [0.25, 0.3) is 0 Å². The molecule has 5 heteroatoms. The molecule has 0 fully saturated rings. The number of nitrogens with zero attached hydrogens (tertiary/aromatic N) is 1. The van der Waals surface area contributed by atoms with Crippen LogP contribution in [0.1, 0.15) is 24.1 Å². The number of hydrogen-bond donors (Lipinski definition) is 2. The first kappa shape index (κ1) is 14.1. The topological polar surface area (TPSA) is 45.1 Å². The molecule has 1 aromatic heterocycles. The number of rotatable bonds is 4. The fourth-order valence-corrected chi connectivity index (χ4v) is 2.14. The van der Waals surface area contributed by atoms with Crippen molar-refractivity contribution in [2.75, 3.05) is 5.32 Å². The lowest BCUT2D eigenvalue weighted by Gasteiger charge is -2.17. The molecule has 0 spiro atoms. The van der Waals surface area contributed by atoms with E-state index in [4.69, 9.17) is 28.3 Å². The van der Waals surface area contributed by atoms with E-state index in [9.17, 15) is 0 Å². The Morgan fingerprint density at radius 2 is 2.05 bits per heavy atom. The minimum Gasteiger partial charge on any atom is -0.392 e. The molecular formula is C14H14Cl2N2O. The Kier molecular flexibility index (Phi) is 4.64. The maximum absolute atomic E-state index is 9.14. The number of aliphatic hydroxyl groups excluding tert-OH is 1. The third kappa shape index (κ3) is 3.60. The Morgan fingerprint density at radius 3 is 2.74 bits per heavy atom. The monoisotopic (exact) mass is 296 g/mol. The minimum atomic E-state index is -0.0126. The predicted molar refractivity (Wildman–Crippen MR) is 78.7 cm³/mol. The second-order valence-corrected chi connectivity index (χ2v) is 5.04. The van der Waals surface area contributed by atoms with E-state index in [1.165, 1.54) is 0 Å². The number of aromatic nitrogens is 1. The number of hydrogen-bond acceptors (Lipinski definition) is 3. The molecule has 1 aromatic carbocycles. The first-order valence-corrected chi connectivity index (χ1v) is 6.63. The van der Waals surface area contributed by atoms with Gasteiger partial charge in [-0.3, -0.25) is 0 Å². The summed E-state index contributed by atoms with van der Waals surface area (Å²) in [7, 11) is 0. The van der Waals surface area contributed by atoms with Crippen LogP contribution in [0.25, 0.3) is 0 Å². The second-order valence-electron chi connectivity index (χ2n) is 4.25. The number of halogens is 2. The molecule has 19 heavy (non-hydrogen) atoms. The molecule has 1 unspecified atom stereocenters. The van der Waals surface area contributed by atoms with Gasteiger partial charge in [-0.2, -0.15) is 0 Å². The van der Waals surface area contributed by atoms with Crippen LogP contribution in [0.3, 0.4) is 0 Å². The normalized spacial score (nSPS) is 12.2. The first-order valence-electron chi connectivity index (χ1n) is 5.87. The van der Waals surface area contributed by atoms with Gasteiger partial charge < -0.3 is 10.4 Å². The smallest absolute Gasteiger partial charge is 0.129 e. The third-order valence-corrected chi connectivity index (χ3v) is 3.37. The van der Waals surface area contributed by atoms with E-state index in [0.29, 0.717) is 10.2 Å². The summed E-state index contributed by atoms with van der Waals surface area (Å²) < 4.78 is 0. The highest BCUT2D eigenvalue weighted by molar-refractivity contribution is 6.33. The van der Waals surface area contributed by atoms with Crippen LogP contribution in [0.2, 0.25) is 10.2 Å². The third-order valence-electron chi connectivity index (χ3n) is 2.84. The summed E-state index contributed by atoms with van der Waals surface area (Å²) >= 11 is 12.0. The molecule has 0 aliphatic rings. The van der Waals surface area contributed by atoms with Gasteiger partial charge in [0.15, 0.2) is 0 Å². The Balaban J connectivity index is 2.21. The quantitative estimate of drug-likeness (QED) is 0.837. The average molecular weight is 297 g/mol. The van der Waals surface area contributed by atoms with Gasteiger partial charge in [0.05, 0.1) is 17.3 Å². The van der Waals surface area contributed by atoms with Crippen molar-refractivity contribution in [1.82, 2.24) is 4.98 Å². The van der Waals surface area contributed by atoms with E-state index >= 15 is 0 Å². The molecule has 0 saturated heterocycles.